The summed E-state index contributed by atoms with van der Waals surface area (Å²) in [4.78, 5) is 9.91. The number of hydrogen-bond donors (Lipinski definition) is 5. The molecular formula is C5H10O8S. The van der Waals surface area contributed by atoms with Crippen molar-refractivity contribution in [2.45, 2.75) is 23.7 Å². The van der Waals surface area contributed by atoms with E-state index in [1.165, 1.54) is 0 Å². The Morgan fingerprint density at radius 1 is 1.00 bits per heavy atom. The van der Waals surface area contributed by atoms with Crippen LogP contribution < -0.4 is 0 Å². The summed E-state index contributed by atoms with van der Waals surface area (Å²) >= 11 is 0. The molecule has 8 nitrogen and oxygen atoms in total. The van der Waals surface area contributed by atoms with Gasteiger partial charge in [0.15, 0.2) is 6.29 Å². The van der Waals surface area contributed by atoms with E-state index in [-0.39, 0.29) is 6.29 Å². The summed E-state index contributed by atoms with van der Waals surface area (Å²) in [5.41, 5.74) is -2.69. The summed E-state index contributed by atoms with van der Waals surface area (Å²) < 4.78 is 28.7. The van der Waals surface area contributed by atoms with Crippen molar-refractivity contribution in [3.05, 3.63) is 0 Å². The van der Waals surface area contributed by atoms with Crippen LogP contribution in [-0.4, -0.2) is 63.4 Å². The molecule has 84 valence electrons. The maximum atomic E-state index is 10.3. The number of aliphatic hydroxyl groups is 4. The smallest absolute Gasteiger partial charge is 0.294 e. The first-order valence-electron chi connectivity index (χ1n) is 3.35. The van der Waals surface area contributed by atoms with E-state index in [1.54, 1.807) is 0 Å². The average molecular weight is 230 g/mol. The van der Waals surface area contributed by atoms with Crippen molar-refractivity contribution < 1.29 is 38.2 Å². The molecule has 0 aromatic rings. The maximum Gasteiger partial charge on any atom is 0.294 e. The molecule has 0 aliphatic carbocycles. The van der Waals surface area contributed by atoms with Crippen molar-refractivity contribution in [2.24, 2.45) is 0 Å². The lowest BCUT2D eigenvalue weighted by atomic mass is 10.1. The molecule has 0 rings (SSSR count). The number of aliphatic hydroxyl groups excluding tert-OH is 4. The fourth-order valence-corrected chi connectivity index (χ4v) is 1.14. The molecule has 9 heteroatoms. The summed E-state index contributed by atoms with van der Waals surface area (Å²) in [7, 11) is -4.97. The number of carbonyl (C=O) groups is 1. The first kappa shape index (κ1) is 13.4. The summed E-state index contributed by atoms with van der Waals surface area (Å²) in [6.45, 7) is 0. The Morgan fingerprint density at radius 3 is 1.71 bits per heavy atom. The molecule has 0 aromatic carbocycles. The Hall–Kier alpha value is -0.580. The standard InChI is InChI=1S/C5H10O8S/c6-1-2(7)3(8)4(9)5(10)14(11,12)13/h1-5,7-10H,(H,11,12,13)/t2-,3-,4-,5?/m0/s1. The van der Waals surface area contributed by atoms with Crippen LogP contribution in [0.2, 0.25) is 0 Å². The molecule has 0 aromatic heterocycles. The van der Waals surface area contributed by atoms with Gasteiger partial charge in [0.25, 0.3) is 10.1 Å². The largest absolute Gasteiger partial charge is 0.387 e. The van der Waals surface area contributed by atoms with E-state index in [1.807, 2.05) is 0 Å². The van der Waals surface area contributed by atoms with Crippen LogP contribution >= 0.6 is 0 Å². The van der Waals surface area contributed by atoms with Gasteiger partial charge in [0, 0.05) is 0 Å². The molecule has 0 heterocycles. The van der Waals surface area contributed by atoms with Crippen molar-refractivity contribution in [3.63, 3.8) is 0 Å². The molecule has 0 radical (unpaired) electrons. The summed E-state index contributed by atoms with van der Waals surface area (Å²) in [6.07, 6.45) is -6.80. The van der Waals surface area contributed by atoms with Crippen LogP contribution in [0.3, 0.4) is 0 Å². The molecule has 0 amide bonds. The number of aldehydes is 1. The third kappa shape index (κ3) is 3.29. The highest BCUT2D eigenvalue weighted by Crippen LogP contribution is 2.08. The molecule has 4 atom stereocenters. The molecule has 0 aliphatic rings. The lowest BCUT2D eigenvalue weighted by Gasteiger charge is -2.21. The van der Waals surface area contributed by atoms with Gasteiger partial charge in [-0.3, -0.25) is 4.55 Å². The normalized spacial score (nSPS) is 20.9. The van der Waals surface area contributed by atoms with Gasteiger partial charge in [-0.15, -0.1) is 0 Å². The molecule has 0 fully saturated rings. The third-order valence-corrected chi connectivity index (χ3v) is 2.33. The molecule has 0 aliphatic heterocycles. The van der Waals surface area contributed by atoms with Gasteiger partial charge in [-0.2, -0.15) is 8.42 Å². The van der Waals surface area contributed by atoms with Gasteiger partial charge in [-0.25, -0.2) is 0 Å². The predicted molar refractivity (Wildman–Crippen MR) is 41.6 cm³/mol. The highest BCUT2D eigenvalue weighted by Gasteiger charge is 2.36. The van der Waals surface area contributed by atoms with E-state index >= 15 is 0 Å². The van der Waals surface area contributed by atoms with Crippen LogP contribution in [0.1, 0.15) is 0 Å². The number of hydrogen-bond acceptors (Lipinski definition) is 7. The molecule has 0 bridgehead atoms. The van der Waals surface area contributed by atoms with E-state index in [9.17, 15) is 13.2 Å². The Balaban J connectivity index is 4.62. The quantitative estimate of drug-likeness (QED) is 0.240. The van der Waals surface area contributed by atoms with Crippen molar-refractivity contribution in [1.29, 1.82) is 0 Å². The van der Waals surface area contributed by atoms with Gasteiger partial charge in [0.05, 0.1) is 0 Å². The zero-order valence-corrected chi connectivity index (χ0v) is 7.57. The summed E-state index contributed by atoms with van der Waals surface area (Å²) in [6, 6.07) is 0. The minimum Gasteiger partial charge on any atom is -0.387 e. The fraction of sp³-hybridized carbons (Fsp3) is 0.800. The van der Waals surface area contributed by atoms with Gasteiger partial charge < -0.3 is 25.2 Å². The van der Waals surface area contributed by atoms with Crippen LogP contribution in [0.25, 0.3) is 0 Å². The minimum atomic E-state index is -4.97. The van der Waals surface area contributed by atoms with Crippen LogP contribution in [0, 0.1) is 0 Å². The highest BCUT2D eigenvalue weighted by atomic mass is 32.2. The minimum absolute atomic E-state index is 0.162. The summed E-state index contributed by atoms with van der Waals surface area (Å²) in [5.74, 6) is 0. The predicted octanol–water partition coefficient (Wildman–Crippen LogP) is -3.53. The van der Waals surface area contributed by atoms with Crippen molar-refractivity contribution in [3.8, 4) is 0 Å². The van der Waals surface area contributed by atoms with Gasteiger partial charge in [-0.05, 0) is 0 Å². The van der Waals surface area contributed by atoms with Crippen molar-refractivity contribution >= 4 is 16.4 Å². The van der Waals surface area contributed by atoms with Gasteiger partial charge >= 0.3 is 0 Å². The highest BCUT2D eigenvalue weighted by molar-refractivity contribution is 7.86. The van der Waals surface area contributed by atoms with Gasteiger partial charge in [0.2, 0.25) is 5.44 Å². The first-order chi connectivity index (χ1) is 6.21. The lowest BCUT2D eigenvalue weighted by Crippen LogP contribution is -2.47. The average Bonchev–Trinajstić information content (AvgIpc) is 2.11. The van der Waals surface area contributed by atoms with Gasteiger partial charge in [0.1, 0.15) is 18.3 Å². The van der Waals surface area contributed by atoms with Crippen molar-refractivity contribution in [1.82, 2.24) is 0 Å². The van der Waals surface area contributed by atoms with Crippen LogP contribution in [0.15, 0.2) is 0 Å². The molecule has 14 heavy (non-hydrogen) atoms. The zero-order valence-electron chi connectivity index (χ0n) is 6.76. The van der Waals surface area contributed by atoms with Crippen LogP contribution in [-0.2, 0) is 14.9 Å². The monoisotopic (exact) mass is 230 g/mol. The fourth-order valence-electron chi connectivity index (χ4n) is 0.627. The van der Waals surface area contributed by atoms with Crippen LogP contribution in [0.5, 0.6) is 0 Å². The molecule has 0 saturated carbocycles. The second-order valence-electron chi connectivity index (χ2n) is 2.51. The van der Waals surface area contributed by atoms with E-state index in [0.29, 0.717) is 0 Å². The molecule has 1 unspecified atom stereocenters. The molecule has 5 N–H and O–H groups in total. The summed E-state index contributed by atoms with van der Waals surface area (Å²) in [5, 5.41) is 35.1. The second-order valence-corrected chi connectivity index (χ2v) is 4.03. The first-order valence-corrected chi connectivity index (χ1v) is 4.86. The number of carbonyl (C=O) groups excluding carboxylic acids is 1. The Morgan fingerprint density at radius 2 is 1.43 bits per heavy atom. The SMILES string of the molecule is O=C[C@H](O)[C@H](O)[C@H](O)C(O)S(=O)(=O)O. The van der Waals surface area contributed by atoms with E-state index < -0.39 is 33.9 Å². The second kappa shape index (κ2) is 4.77. The number of rotatable bonds is 5. The maximum absolute atomic E-state index is 10.3. The molecular weight excluding hydrogens is 220 g/mol. The topological polar surface area (TPSA) is 152 Å². The molecule has 0 saturated heterocycles. The zero-order chi connectivity index (χ0) is 11.5. The van der Waals surface area contributed by atoms with E-state index in [4.69, 9.17) is 25.0 Å². The molecule has 0 spiro atoms. The Labute approximate surface area is 79.2 Å². The van der Waals surface area contributed by atoms with Gasteiger partial charge in [-0.1, -0.05) is 0 Å². The van der Waals surface area contributed by atoms with E-state index in [2.05, 4.69) is 0 Å². The van der Waals surface area contributed by atoms with Crippen LogP contribution in [0.4, 0.5) is 0 Å². The lowest BCUT2D eigenvalue weighted by molar-refractivity contribution is -0.129. The van der Waals surface area contributed by atoms with E-state index in [0.717, 1.165) is 0 Å². The Kier molecular flexibility index (Phi) is 4.58. The van der Waals surface area contributed by atoms with Crippen molar-refractivity contribution in [2.75, 3.05) is 0 Å². The Bertz CT molecular complexity index is 284. The third-order valence-electron chi connectivity index (χ3n) is 1.44.